The zero-order valence-electron chi connectivity index (χ0n) is 15.1. The molecule has 0 spiro atoms. The Kier molecular flexibility index (Phi) is 6.63. The van der Waals surface area contributed by atoms with Gasteiger partial charge in [-0.15, -0.1) is 0 Å². The van der Waals surface area contributed by atoms with E-state index in [9.17, 15) is 19.7 Å². The Balaban J connectivity index is 2.02. The average molecular weight is 390 g/mol. The number of ether oxygens (including phenoxy) is 2. The van der Waals surface area contributed by atoms with E-state index < -0.39 is 16.7 Å². The van der Waals surface area contributed by atoms with Crippen LogP contribution in [-0.4, -0.2) is 45.9 Å². The summed E-state index contributed by atoms with van der Waals surface area (Å²) >= 11 is 0. The Morgan fingerprint density at radius 2 is 2.14 bits per heavy atom. The Labute approximate surface area is 159 Å². The number of nitrogens with zero attached hydrogens (tertiary/aromatic N) is 4. The van der Waals surface area contributed by atoms with Gasteiger partial charge in [-0.3, -0.25) is 24.4 Å². The van der Waals surface area contributed by atoms with E-state index in [0.717, 1.165) is 17.1 Å². The van der Waals surface area contributed by atoms with Gasteiger partial charge in [0.1, 0.15) is 18.9 Å². The number of hydrogen-bond donors (Lipinski definition) is 2. The number of nitrogens with one attached hydrogen (secondary N) is 1. The molecular weight excluding hydrogens is 372 g/mol. The maximum absolute atomic E-state index is 11.9. The van der Waals surface area contributed by atoms with E-state index >= 15 is 0 Å². The number of primary amides is 1. The third-order valence-electron chi connectivity index (χ3n) is 3.44. The molecule has 3 N–H and O–H groups in total. The van der Waals surface area contributed by atoms with Gasteiger partial charge >= 0.3 is 5.69 Å². The number of nitro groups is 1. The van der Waals surface area contributed by atoms with E-state index in [1.807, 2.05) is 0 Å². The van der Waals surface area contributed by atoms with Crippen molar-refractivity contribution in [2.24, 2.45) is 10.8 Å². The molecule has 1 aromatic carbocycles. The first-order chi connectivity index (χ1) is 13.3. The first-order valence-electron chi connectivity index (χ1n) is 7.89. The van der Waals surface area contributed by atoms with Gasteiger partial charge in [0, 0.05) is 5.56 Å². The van der Waals surface area contributed by atoms with Crippen LogP contribution < -0.4 is 20.6 Å². The molecule has 0 saturated carbocycles. The fraction of sp³-hybridized carbons (Fsp3) is 0.250. The van der Waals surface area contributed by atoms with Gasteiger partial charge in [0.2, 0.25) is 0 Å². The van der Waals surface area contributed by atoms with Crippen molar-refractivity contribution >= 4 is 23.2 Å². The SMILES string of the molecule is COc1cc(/C(C)=N/NC(=O)Cn2cc([N+](=O)[O-])cn2)ccc1OCC(N)=O. The van der Waals surface area contributed by atoms with Crippen molar-refractivity contribution < 1.29 is 24.0 Å². The van der Waals surface area contributed by atoms with Gasteiger partial charge in [0.15, 0.2) is 18.1 Å². The van der Waals surface area contributed by atoms with Crippen LogP contribution in [0.3, 0.4) is 0 Å². The fourth-order valence-electron chi connectivity index (χ4n) is 2.09. The van der Waals surface area contributed by atoms with Crippen LogP contribution in [-0.2, 0) is 16.1 Å². The Bertz CT molecular complexity index is 922. The number of amides is 2. The number of benzene rings is 1. The third-order valence-corrected chi connectivity index (χ3v) is 3.44. The summed E-state index contributed by atoms with van der Waals surface area (Å²) in [4.78, 5) is 32.7. The number of rotatable bonds is 9. The zero-order chi connectivity index (χ0) is 20.7. The summed E-state index contributed by atoms with van der Waals surface area (Å²) in [6, 6.07) is 4.87. The molecule has 0 bridgehead atoms. The van der Waals surface area contributed by atoms with E-state index in [4.69, 9.17) is 15.2 Å². The van der Waals surface area contributed by atoms with Gasteiger partial charge in [0.05, 0.1) is 17.7 Å². The normalized spacial score (nSPS) is 11.0. The van der Waals surface area contributed by atoms with Crippen molar-refractivity contribution in [3.05, 3.63) is 46.3 Å². The number of methoxy groups -OCH3 is 1. The molecule has 12 nitrogen and oxygen atoms in total. The van der Waals surface area contributed by atoms with Crippen LogP contribution in [0.4, 0.5) is 5.69 Å². The van der Waals surface area contributed by atoms with E-state index in [2.05, 4.69) is 15.6 Å². The molecule has 2 rings (SSSR count). The molecule has 1 aromatic heterocycles. The number of carbonyl (C=O) groups excluding carboxylic acids is 2. The Hall–Kier alpha value is -3.96. The van der Waals surface area contributed by atoms with Crippen molar-refractivity contribution in [1.29, 1.82) is 0 Å². The molecule has 28 heavy (non-hydrogen) atoms. The predicted octanol–water partition coefficient (Wildman–Crippen LogP) is 0.204. The molecule has 0 aliphatic rings. The molecule has 1 heterocycles. The number of nitrogens with two attached hydrogens (primary N) is 1. The van der Waals surface area contributed by atoms with Crippen molar-refractivity contribution in [1.82, 2.24) is 15.2 Å². The molecular formula is C16H18N6O6. The Morgan fingerprint density at radius 3 is 2.75 bits per heavy atom. The maximum atomic E-state index is 11.9. The number of hydrogen-bond acceptors (Lipinski definition) is 8. The quantitative estimate of drug-likeness (QED) is 0.351. The number of carbonyl (C=O) groups is 2. The lowest BCUT2D eigenvalue weighted by molar-refractivity contribution is -0.385. The molecule has 0 aliphatic heterocycles. The van der Waals surface area contributed by atoms with Crippen molar-refractivity contribution in [2.45, 2.75) is 13.5 Å². The standard InChI is InChI=1S/C16H18N6O6/c1-10(11-3-4-13(14(5-11)27-2)28-9-15(17)23)19-20-16(24)8-21-7-12(6-18-21)22(25)26/h3-7H,8-9H2,1-2H3,(H2,17,23)(H,20,24)/b19-10+. The molecule has 0 aliphatic carbocycles. The largest absolute Gasteiger partial charge is 0.493 e. The fourth-order valence-corrected chi connectivity index (χ4v) is 2.09. The first-order valence-corrected chi connectivity index (χ1v) is 7.89. The van der Waals surface area contributed by atoms with Gasteiger partial charge in [-0.05, 0) is 25.1 Å². The number of hydrazone groups is 1. The lowest BCUT2D eigenvalue weighted by Gasteiger charge is -2.11. The summed E-state index contributed by atoms with van der Waals surface area (Å²) in [5.41, 5.74) is 8.29. The van der Waals surface area contributed by atoms with Crippen LogP contribution >= 0.6 is 0 Å². The zero-order valence-corrected chi connectivity index (χ0v) is 15.1. The number of aromatic nitrogens is 2. The van der Waals surface area contributed by atoms with Gasteiger partial charge in [-0.2, -0.15) is 10.2 Å². The molecule has 0 atom stereocenters. The van der Waals surface area contributed by atoms with Crippen LogP contribution in [0.15, 0.2) is 35.7 Å². The van der Waals surface area contributed by atoms with Crippen LogP contribution in [0.5, 0.6) is 11.5 Å². The minimum atomic E-state index is -0.617. The van der Waals surface area contributed by atoms with Crippen LogP contribution in [0, 0.1) is 10.1 Å². The lowest BCUT2D eigenvalue weighted by atomic mass is 10.1. The maximum Gasteiger partial charge on any atom is 0.307 e. The highest BCUT2D eigenvalue weighted by Crippen LogP contribution is 2.28. The second kappa shape index (κ2) is 9.12. The third kappa shape index (κ3) is 5.52. The molecule has 12 heteroatoms. The van der Waals surface area contributed by atoms with Crippen LogP contribution in [0.2, 0.25) is 0 Å². The summed E-state index contributed by atoms with van der Waals surface area (Å²) in [5.74, 6) is -0.425. The highest BCUT2D eigenvalue weighted by atomic mass is 16.6. The van der Waals surface area contributed by atoms with Gasteiger partial charge in [-0.25, -0.2) is 5.43 Å². The molecule has 2 amide bonds. The van der Waals surface area contributed by atoms with E-state index in [-0.39, 0.29) is 18.8 Å². The molecule has 0 unspecified atom stereocenters. The van der Waals surface area contributed by atoms with Crippen LogP contribution in [0.25, 0.3) is 0 Å². The van der Waals surface area contributed by atoms with Crippen molar-refractivity contribution in [3.63, 3.8) is 0 Å². The van der Waals surface area contributed by atoms with E-state index in [0.29, 0.717) is 22.8 Å². The monoisotopic (exact) mass is 390 g/mol. The predicted molar refractivity (Wildman–Crippen MR) is 96.9 cm³/mol. The summed E-state index contributed by atoms with van der Waals surface area (Å²) in [7, 11) is 1.44. The van der Waals surface area contributed by atoms with Crippen molar-refractivity contribution in [2.75, 3.05) is 13.7 Å². The second-order valence-corrected chi connectivity index (χ2v) is 5.51. The van der Waals surface area contributed by atoms with Gasteiger partial charge in [-0.1, -0.05) is 0 Å². The van der Waals surface area contributed by atoms with Gasteiger partial charge in [0.25, 0.3) is 11.8 Å². The summed E-state index contributed by atoms with van der Waals surface area (Å²) in [6.07, 6.45) is 2.20. The average Bonchev–Trinajstić information content (AvgIpc) is 3.13. The molecule has 148 valence electrons. The summed E-state index contributed by atoms with van der Waals surface area (Å²) < 4.78 is 11.6. The minimum absolute atomic E-state index is 0.210. The summed E-state index contributed by atoms with van der Waals surface area (Å²) in [5, 5.41) is 18.3. The highest BCUT2D eigenvalue weighted by Gasteiger charge is 2.12. The Morgan fingerprint density at radius 1 is 1.39 bits per heavy atom. The first kappa shape index (κ1) is 20.4. The smallest absolute Gasteiger partial charge is 0.307 e. The lowest BCUT2D eigenvalue weighted by Crippen LogP contribution is -2.24. The topological polar surface area (TPSA) is 164 Å². The van der Waals surface area contributed by atoms with E-state index in [1.165, 1.54) is 7.11 Å². The molecule has 2 aromatic rings. The molecule has 0 radical (unpaired) electrons. The summed E-state index contributed by atoms with van der Waals surface area (Å²) in [6.45, 7) is 1.15. The highest BCUT2D eigenvalue weighted by molar-refractivity contribution is 5.99. The second-order valence-electron chi connectivity index (χ2n) is 5.51. The molecule has 0 fully saturated rings. The molecule has 0 saturated heterocycles. The van der Waals surface area contributed by atoms with Crippen LogP contribution in [0.1, 0.15) is 12.5 Å². The van der Waals surface area contributed by atoms with E-state index in [1.54, 1.807) is 25.1 Å². The van der Waals surface area contributed by atoms with Crippen molar-refractivity contribution in [3.8, 4) is 11.5 Å². The van der Waals surface area contributed by atoms with Gasteiger partial charge < -0.3 is 15.2 Å². The minimum Gasteiger partial charge on any atom is -0.493 e.